The number of nitrogens with zero attached hydrogens (tertiary/aromatic N) is 1. The van der Waals surface area contributed by atoms with Crippen molar-refractivity contribution >= 4 is 29.0 Å². The number of aryl methyl sites for hydroxylation is 2. The summed E-state index contributed by atoms with van der Waals surface area (Å²) in [5, 5.41) is 6.88. The van der Waals surface area contributed by atoms with Gasteiger partial charge in [-0.2, -0.15) is 0 Å². The number of carbonyl (C=O) groups is 2. The summed E-state index contributed by atoms with van der Waals surface area (Å²) >= 11 is 1.71. The van der Waals surface area contributed by atoms with Crippen LogP contribution in [0.2, 0.25) is 0 Å². The van der Waals surface area contributed by atoms with Gasteiger partial charge in [0.05, 0.1) is 22.3 Å². The van der Waals surface area contributed by atoms with Crippen LogP contribution in [-0.4, -0.2) is 17.0 Å². The number of thiazole rings is 1. The van der Waals surface area contributed by atoms with Gasteiger partial charge < -0.3 is 15.4 Å². The molecule has 1 aromatic heterocycles. The maximum atomic E-state index is 12.3. The van der Waals surface area contributed by atoms with E-state index >= 15 is 0 Å². The van der Waals surface area contributed by atoms with Crippen LogP contribution in [0.25, 0.3) is 0 Å². The van der Waals surface area contributed by atoms with Crippen LogP contribution >= 0.6 is 11.3 Å². The number of aromatic nitrogens is 1. The van der Waals surface area contributed by atoms with Gasteiger partial charge in [0.1, 0.15) is 6.61 Å². The number of fused-ring (bicyclic) bond motifs is 2. The predicted molar refractivity (Wildman–Crippen MR) is 90.2 cm³/mol. The number of esters is 1. The number of cyclic esters (lactones) is 1. The molecule has 0 bridgehead atoms. The van der Waals surface area contributed by atoms with Crippen molar-refractivity contribution in [3.63, 3.8) is 0 Å². The minimum atomic E-state index is -0.311. The van der Waals surface area contributed by atoms with Gasteiger partial charge in [0.15, 0.2) is 0 Å². The van der Waals surface area contributed by atoms with Gasteiger partial charge in [-0.15, -0.1) is 11.3 Å². The third-order valence-corrected chi connectivity index (χ3v) is 5.35. The van der Waals surface area contributed by atoms with Crippen molar-refractivity contribution in [3.8, 4) is 0 Å². The first kappa shape index (κ1) is 15.1. The maximum Gasteiger partial charge on any atom is 0.338 e. The smallest absolute Gasteiger partial charge is 0.338 e. The van der Waals surface area contributed by atoms with Crippen molar-refractivity contribution < 1.29 is 14.3 Å². The second-order valence-corrected chi connectivity index (χ2v) is 7.32. The molecule has 124 valence electrons. The van der Waals surface area contributed by atoms with Gasteiger partial charge in [0.25, 0.3) is 0 Å². The Morgan fingerprint density at radius 2 is 2.29 bits per heavy atom. The van der Waals surface area contributed by atoms with E-state index in [9.17, 15) is 9.59 Å². The Labute approximate surface area is 143 Å². The van der Waals surface area contributed by atoms with E-state index < -0.39 is 0 Å². The quantitative estimate of drug-likeness (QED) is 0.820. The first-order chi connectivity index (χ1) is 11.6. The van der Waals surface area contributed by atoms with Gasteiger partial charge in [-0.25, -0.2) is 14.6 Å². The van der Waals surface area contributed by atoms with E-state index in [2.05, 4.69) is 15.6 Å². The van der Waals surface area contributed by atoms with Crippen molar-refractivity contribution in [1.82, 2.24) is 10.3 Å². The van der Waals surface area contributed by atoms with Crippen LogP contribution < -0.4 is 10.6 Å². The molecular weight excluding hydrogens is 326 g/mol. The van der Waals surface area contributed by atoms with E-state index in [-0.39, 0.29) is 24.6 Å². The summed E-state index contributed by atoms with van der Waals surface area (Å²) in [6, 6.07) is 4.87. The minimum absolute atomic E-state index is 0.0435. The molecule has 6 nitrogen and oxygen atoms in total. The van der Waals surface area contributed by atoms with Crippen molar-refractivity contribution in [2.24, 2.45) is 0 Å². The molecule has 1 aliphatic heterocycles. The van der Waals surface area contributed by atoms with Crippen molar-refractivity contribution in [1.29, 1.82) is 0 Å². The van der Waals surface area contributed by atoms with Crippen LogP contribution in [0.15, 0.2) is 18.2 Å². The van der Waals surface area contributed by atoms with E-state index in [4.69, 9.17) is 4.74 Å². The molecule has 24 heavy (non-hydrogen) atoms. The molecule has 1 aromatic carbocycles. The highest BCUT2D eigenvalue weighted by atomic mass is 32.1. The van der Waals surface area contributed by atoms with Crippen molar-refractivity contribution in [3.05, 3.63) is 44.9 Å². The first-order valence-corrected chi connectivity index (χ1v) is 8.75. The fourth-order valence-electron chi connectivity index (χ4n) is 3.22. The molecule has 2 amide bonds. The van der Waals surface area contributed by atoms with E-state index in [1.807, 2.05) is 6.92 Å². The van der Waals surface area contributed by atoms with Crippen LogP contribution in [0.3, 0.4) is 0 Å². The van der Waals surface area contributed by atoms with Crippen LogP contribution in [0, 0.1) is 6.92 Å². The number of hydrogen-bond acceptors (Lipinski definition) is 5. The Hall–Kier alpha value is -2.41. The lowest BCUT2D eigenvalue weighted by molar-refractivity contribution is 0.0535. The van der Waals surface area contributed by atoms with Gasteiger partial charge in [0.2, 0.25) is 0 Å². The lowest BCUT2D eigenvalue weighted by Crippen LogP contribution is -2.34. The molecular formula is C17H17N3O3S. The van der Waals surface area contributed by atoms with Crippen molar-refractivity contribution in [2.75, 3.05) is 5.32 Å². The number of nitrogens with one attached hydrogen (secondary N) is 2. The number of rotatable bonds is 2. The van der Waals surface area contributed by atoms with E-state index in [1.165, 1.54) is 4.88 Å². The Bertz CT molecular complexity index is 830. The molecule has 0 spiro atoms. The molecule has 0 saturated heterocycles. The normalized spacial score (nSPS) is 18.5. The van der Waals surface area contributed by atoms with Gasteiger partial charge in [-0.05, 0) is 44.4 Å². The van der Waals surface area contributed by atoms with Crippen LogP contribution in [0.5, 0.6) is 0 Å². The molecule has 0 radical (unpaired) electrons. The second kappa shape index (κ2) is 5.90. The van der Waals surface area contributed by atoms with Gasteiger partial charge in [-0.1, -0.05) is 0 Å². The molecule has 7 heteroatoms. The third-order valence-electron chi connectivity index (χ3n) is 4.31. The Balaban J connectivity index is 1.45. The van der Waals surface area contributed by atoms with Gasteiger partial charge >= 0.3 is 12.0 Å². The van der Waals surface area contributed by atoms with E-state index in [0.717, 1.165) is 35.5 Å². The number of anilines is 1. The predicted octanol–water partition coefficient (Wildman–Crippen LogP) is 3.32. The molecule has 0 unspecified atom stereocenters. The number of ether oxygens (including phenoxy) is 1. The average Bonchev–Trinajstić information content (AvgIpc) is 3.10. The van der Waals surface area contributed by atoms with Gasteiger partial charge in [-0.3, -0.25) is 0 Å². The summed E-state index contributed by atoms with van der Waals surface area (Å²) in [7, 11) is 0. The fourth-order valence-corrected chi connectivity index (χ4v) is 4.26. The van der Waals surface area contributed by atoms with Crippen molar-refractivity contribution in [2.45, 2.75) is 38.8 Å². The lowest BCUT2D eigenvalue weighted by atomic mass is 9.98. The highest BCUT2D eigenvalue weighted by molar-refractivity contribution is 7.11. The maximum absolute atomic E-state index is 12.3. The van der Waals surface area contributed by atoms with Crippen LogP contribution in [0.1, 0.15) is 50.4 Å². The zero-order valence-corrected chi connectivity index (χ0v) is 14.0. The van der Waals surface area contributed by atoms with Crippen LogP contribution in [-0.2, 0) is 17.8 Å². The molecule has 1 atom stereocenters. The Morgan fingerprint density at radius 1 is 1.42 bits per heavy atom. The first-order valence-electron chi connectivity index (χ1n) is 7.94. The number of amides is 2. The lowest BCUT2D eigenvalue weighted by Gasteiger charge is -2.22. The molecule has 0 fully saturated rings. The summed E-state index contributed by atoms with van der Waals surface area (Å²) in [5.41, 5.74) is 3.02. The fraction of sp³-hybridized carbons (Fsp3) is 0.353. The van der Waals surface area contributed by atoms with Gasteiger partial charge in [0, 0.05) is 16.1 Å². The topological polar surface area (TPSA) is 80.3 Å². The minimum Gasteiger partial charge on any atom is -0.457 e. The summed E-state index contributed by atoms with van der Waals surface area (Å²) < 4.78 is 4.97. The highest BCUT2D eigenvalue weighted by Gasteiger charge is 2.26. The molecule has 2 N–H and O–H groups in total. The van der Waals surface area contributed by atoms with E-state index in [1.54, 1.807) is 29.5 Å². The standard InChI is InChI=1S/C17H17N3O3S/c1-9-18-15-13(3-2-4-14(15)24-9)20-17(22)19-11-5-6-12-10(7-11)8-23-16(12)21/h5-7,13H,2-4,8H2,1H3,(H2,19,20,22)/t13-/m1/s1. The molecule has 1 aliphatic carbocycles. The number of benzene rings is 1. The monoisotopic (exact) mass is 343 g/mol. The molecule has 2 aromatic rings. The number of urea groups is 1. The SMILES string of the molecule is Cc1nc2c(s1)CCC[C@H]2NC(=O)Nc1ccc2c(c1)COC2=O. The van der Waals surface area contributed by atoms with E-state index in [0.29, 0.717) is 11.3 Å². The highest BCUT2D eigenvalue weighted by Crippen LogP contribution is 2.33. The average molecular weight is 343 g/mol. The Morgan fingerprint density at radius 3 is 3.17 bits per heavy atom. The second-order valence-electron chi connectivity index (χ2n) is 6.03. The zero-order chi connectivity index (χ0) is 16.7. The molecule has 0 saturated carbocycles. The molecule has 4 rings (SSSR count). The third kappa shape index (κ3) is 2.75. The summed E-state index contributed by atoms with van der Waals surface area (Å²) in [6.45, 7) is 2.25. The summed E-state index contributed by atoms with van der Waals surface area (Å²) in [6.07, 6.45) is 2.99. The summed E-state index contributed by atoms with van der Waals surface area (Å²) in [4.78, 5) is 29.6. The number of carbonyl (C=O) groups excluding carboxylic acids is 2. The largest absolute Gasteiger partial charge is 0.457 e. The number of hydrogen-bond donors (Lipinski definition) is 2. The van der Waals surface area contributed by atoms with Crippen LogP contribution in [0.4, 0.5) is 10.5 Å². The molecule has 2 heterocycles. The Kier molecular flexibility index (Phi) is 3.72. The molecule has 2 aliphatic rings. The summed E-state index contributed by atoms with van der Waals surface area (Å²) in [5.74, 6) is -0.311. The zero-order valence-electron chi connectivity index (χ0n) is 13.2.